The summed E-state index contributed by atoms with van der Waals surface area (Å²) in [6.45, 7) is 0.550. The normalized spacial score (nSPS) is 9.89. The summed E-state index contributed by atoms with van der Waals surface area (Å²) < 4.78 is 0. The molecule has 0 spiro atoms. The zero-order valence-corrected chi connectivity index (χ0v) is 11.1. The second-order valence-corrected chi connectivity index (χ2v) is 4.48. The van der Waals surface area contributed by atoms with Gasteiger partial charge in [0.2, 0.25) is 0 Å². The second kappa shape index (κ2) is 6.12. The summed E-state index contributed by atoms with van der Waals surface area (Å²) in [5.41, 5.74) is 8.35. The largest absolute Gasteiger partial charge is 0.397 e. The van der Waals surface area contributed by atoms with E-state index in [9.17, 15) is 0 Å². The maximum atomic E-state index is 8.81. The first-order valence-corrected chi connectivity index (χ1v) is 6.35. The molecule has 2 aromatic rings. The van der Waals surface area contributed by atoms with Crippen molar-refractivity contribution in [1.82, 2.24) is 0 Å². The highest BCUT2D eigenvalue weighted by molar-refractivity contribution is 6.34. The van der Waals surface area contributed by atoms with E-state index in [1.54, 1.807) is 6.07 Å². The topological polar surface area (TPSA) is 53.0 Å². The van der Waals surface area contributed by atoms with Gasteiger partial charge in [0.25, 0.3) is 0 Å². The van der Waals surface area contributed by atoms with Crippen LogP contribution in [0.25, 0.3) is 0 Å². The van der Waals surface area contributed by atoms with Crippen molar-refractivity contribution >= 4 is 28.7 Å². The number of hydrogen-bond acceptors (Lipinski definition) is 3. The lowest BCUT2D eigenvalue weighted by Gasteiger charge is -2.26. The van der Waals surface area contributed by atoms with Crippen molar-refractivity contribution in [2.45, 2.75) is 6.42 Å². The van der Waals surface area contributed by atoms with Crippen molar-refractivity contribution in [2.24, 2.45) is 0 Å². The predicted molar refractivity (Wildman–Crippen MR) is 79.5 cm³/mol. The molecule has 0 aliphatic heterocycles. The van der Waals surface area contributed by atoms with Crippen molar-refractivity contribution in [1.29, 1.82) is 5.26 Å². The van der Waals surface area contributed by atoms with Crippen LogP contribution in [0, 0.1) is 11.3 Å². The van der Waals surface area contributed by atoms with E-state index < -0.39 is 0 Å². The maximum Gasteiger partial charge on any atom is 0.0833 e. The van der Waals surface area contributed by atoms with Crippen LogP contribution in [0.1, 0.15) is 6.42 Å². The molecular formula is C15H14ClN3. The summed E-state index contributed by atoms with van der Waals surface area (Å²) in [5, 5.41) is 9.39. The fraction of sp³-hybridized carbons (Fsp3) is 0.133. The summed E-state index contributed by atoms with van der Waals surface area (Å²) in [5.74, 6) is 0. The van der Waals surface area contributed by atoms with Crippen LogP contribution in [-0.4, -0.2) is 6.54 Å². The van der Waals surface area contributed by atoms with Gasteiger partial charge in [-0.2, -0.15) is 5.26 Å². The molecule has 0 atom stereocenters. The third-order valence-electron chi connectivity index (χ3n) is 2.80. The lowest BCUT2D eigenvalue weighted by Crippen LogP contribution is -2.19. The predicted octanol–water partition coefficient (Wildman–Crippen LogP) is 3.97. The third-order valence-corrected chi connectivity index (χ3v) is 3.11. The van der Waals surface area contributed by atoms with Crippen LogP contribution in [0.2, 0.25) is 5.02 Å². The molecule has 0 saturated carbocycles. The first kappa shape index (κ1) is 13.3. The molecule has 2 rings (SSSR count). The van der Waals surface area contributed by atoms with Crippen molar-refractivity contribution in [3.63, 3.8) is 0 Å². The van der Waals surface area contributed by atoms with Crippen molar-refractivity contribution in [2.75, 3.05) is 17.2 Å². The molecule has 0 saturated heterocycles. The van der Waals surface area contributed by atoms with Crippen LogP contribution in [-0.2, 0) is 0 Å². The Kier molecular flexibility index (Phi) is 4.27. The van der Waals surface area contributed by atoms with E-state index in [0.717, 1.165) is 11.4 Å². The fourth-order valence-electron chi connectivity index (χ4n) is 1.96. The molecule has 0 aliphatic rings. The minimum atomic E-state index is 0.402. The standard InChI is InChI=1S/C15H14ClN3/c16-13-8-4-9-14(18)15(13)19(11-5-10-17)12-6-2-1-3-7-12/h1-4,6-9H,5,11,18H2. The van der Waals surface area contributed by atoms with Gasteiger partial charge in [-0.25, -0.2) is 0 Å². The first-order chi connectivity index (χ1) is 9.24. The number of hydrogen-bond donors (Lipinski definition) is 1. The Morgan fingerprint density at radius 1 is 1.11 bits per heavy atom. The molecule has 0 fully saturated rings. The van der Waals surface area contributed by atoms with E-state index in [1.807, 2.05) is 47.4 Å². The van der Waals surface area contributed by atoms with Gasteiger partial charge in [0, 0.05) is 12.2 Å². The minimum Gasteiger partial charge on any atom is -0.397 e. The summed E-state index contributed by atoms with van der Waals surface area (Å²) >= 11 is 6.25. The molecule has 0 radical (unpaired) electrons. The zero-order chi connectivity index (χ0) is 13.7. The number of nitriles is 1. The molecule has 0 heterocycles. The Balaban J connectivity index is 2.47. The molecule has 3 nitrogen and oxygen atoms in total. The lowest BCUT2D eigenvalue weighted by molar-refractivity contribution is 0.949. The van der Waals surface area contributed by atoms with E-state index in [0.29, 0.717) is 23.7 Å². The van der Waals surface area contributed by atoms with Gasteiger partial charge in [0.1, 0.15) is 0 Å². The first-order valence-electron chi connectivity index (χ1n) is 5.97. The highest BCUT2D eigenvalue weighted by atomic mass is 35.5. The average molecular weight is 272 g/mol. The zero-order valence-electron chi connectivity index (χ0n) is 10.4. The third kappa shape index (κ3) is 2.98. The highest BCUT2D eigenvalue weighted by Crippen LogP contribution is 2.36. The number of nitrogens with zero attached hydrogens (tertiary/aromatic N) is 2. The number of anilines is 3. The molecule has 2 N–H and O–H groups in total. The molecule has 0 unspecified atom stereocenters. The number of nitrogens with two attached hydrogens (primary N) is 1. The molecular weight excluding hydrogens is 258 g/mol. The number of rotatable bonds is 4. The SMILES string of the molecule is N#CCCN(c1ccccc1)c1c(N)cccc1Cl. The minimum absolute atomic E-state index is 0.402. The van der Waals surface area contributed by atoms with E-state index in [-0.39, 0.29) is 0 Å². The molecule has 0 aromatic heterocycles. The molecule has 4 heteroatoms. The molecule has 19 heavy (non-hydrogen) atoms. The molecule has 96 valence electrons. The number of halogens is 1. The Morgan fingerprint density at radius 2 is 1.84 bits per heavy atom. The van der Waals surface area contributed by atoms with E-state index in [2.05, 4.69) is 6.07 Å². The van der Waals surface area contributed by atoms with Crippen LogP contribution in [0.15, 0.2) is 48.5 Å². The van der Waals surface area contributed by atoms with Gasteiger partial charge < -0.3 is 10.6 Å². The maximum absolute atomic E-state index is 8.81. The van der Waals surface area contributed by atoms with Crippen LogP contribution in [0.3, 0.4) is 0 Å². The fourth-order valence-corrected chi connectivity index (χ4v) is 2.24. The van der Waals surface area contributed by atoms with Gasteiger partial charge in [-0.15, -0.1) is 0 Å². The van der Waals surface area contributed by atoms with Crippen LogP contribution in [0.4, 0.5) is 17.1 Å². The highest BCUT2D eigenvalue weighted by Gasteiger charge is 2.15. The smallest absolute Gasteiger partial charge is 0.0833 e. The molecule has 0 aliphatic carbocycles. The number of benzene rings is 2. The average Bonchev–Trinajstić information content (AvgIpc) is 2.43. The Hall–Kier alpha value is -2.18. The summed E-state index contributed by atoms with van der Waals surface area (Å²) in [6, 6.07) is 17.4. The van der Waals surface area contributed by atoms with Crippen LogP contribution >= 0.6 is 11.6 Å². The number of para-hydroxylation sites is 2. The lowest BCUT2D eigenvalue weighted by atomic mass is 10.2. The van der Waals surface area contributed by atoms with Gasteiger partial charge in [-0.3, -0.25) is 0 Å². The van der Waals surface area contributed by atoms with Gasteiger partial charge in [0.15, 0.2) is 0 Å². The molecule has 0 bridgehead atoms. The quantitative estimate of drug-likeness (QED) is 0.856. The van der Waals surface area contributed by atoms with E-state index in [1.165, 1.54) is 0 Å². The molecule has 0 amide bonds. The monoisotopic (exact) mass is 271 g/mol. The van der Waals surface area contributed by atoms with Gasteiger partial charge >= 0.3 is 0 Å². The van der Waals surface area contributed by atoms with Gasteiger partial charge in [0.05, 0.1) is 28.9 Å². The summed E-state index contributed by atoms with van der Waals surface area (Å²) in [4.78, 5) is 1.97. The second-order valence-electron chi connectivity index (χ2n) is 4.07. The molecule has 2 aromatic carbocycles. The van der Waals surface area contributed by atoms with Crippen molar-refractivity contribution in [3.8, 4) is 6.07 Å². The van der Waals surface area contributed by atoms with E-state index >= 15 is 0 Å². The van der Waals surface area contributed by atoms with Crippen molar-refractivity contribution < 1.29 is 0 Å². The van der Waals surface area contributed by atoms with Crippen LogP contribution < -0.4 is 10.6 Å². The Labute approximate surface area is 117 Å². The summed E-state index contributed by atoms with van der Waals surface area (Å²) in [6.07, 6.45) is 0.402. The van der Waals surface area contributed by atoms with Crippen molar-refractivity contribution in [3.05, 3.63) is 53.6 Å². The van der Waals surface area contributed by atoms with E-state index in [4.69, 9.17) is 22.6 Å². The Morgan fingerprint density at radius 3 is 2.47 bits per heavy atom. The van der Waals surface area contributed by atoms with Gasteiger partial charge in [-0.1, -0.05) is 35.9 Å². The number of nitrogen functional groups attached to an aromatic ring is 1. The van der Waals surface area contributed by atoms with Gasteiger partial charge in [-0.05, 0) is 24.3 Å². The van der Waals surface area contributed by atoms with Crippen LogP contribution in [0.5, 0.6) is 0 Å². The summed E-state index contributed by atoms with van der Waals surface area (Å²) in [7, 11) is 0. The Bertz CT molecular complexity index is 570.